The van der Waals surface area contributed by atoms with Gasteiger partial charge >= 0.3 is 0 Å². The van der Waals surface area contributed by atoms with E-state index in [9.17, 15) is 18.0 Å². The fraction of sp³-hybridized carbons (Fsp3) is 0.529. The molecule has 2 amide bonds. The highest BCUT2D eigenvalue weighted by Crippen LogP contribution is 2.37. The Morgan fingerprint density at radius 1 is 1.36 bits per heavy atom. The Bertz CT molecular complexity index is 760. The van der Waals surface area contributed by atoms with Gasteiger partial charge < -0.3 is 4.90 Å². The van der Waals surface area contributed by atoms with Crippen molar-refractivity contribution >= 4 is 21.7 Å². The van der Waals surface area contributed by atoms with Crippen LogP contribution >= 0.6 is 0 Å². The molecule has 2 unspecified atom stereocenters. The van der Waals surface area contributed by atoms with Gasteiger partial charge in [-0.25, -0.2) is 13.9 Å². The molecule has 1 aromatic rings. The molecule has 0 aliphatic carbocycles. The van der Waals surface area contributed by atoms with E-state index in [1.54, 1.807) is 5.48 Å². The van der Waals surface area contributed by atoms with Crippen molar-refractivity contribution in [3.8, 4) is 0 Å². The minimum Gasteiger partial charge on any atom is -0.330 e. The molecule has 0 aromatic heterocycles. The summed E-state index contributed by atoms with van der Waals surface area (Å²) in [5.74, 6) is -1.25. The van der Waals surface area contributed by atoms with Crippen LogP contribution in [0.15, 0.2) is 24.3 Å². The van der Waals surface area contributed by atoms with Crippen molar-refractivity contribution in [2.45, 2.75) is 38.1 Å². The van der Waals surface area contributed by atoms with E-state index in [-0.39, 0.29) is 18.1 Å². The third kappa shape index (κ3) is 4.19. The van der Waals surface area contributed by atoms with E-state index < -0.39 is 27.2 Å². The molecule has 1 saturated heterocycles. The zero-order valence-electron chi connectivity index (χ0n) is 14.7. The lowest BCUT2D eigenvalue weighted by atomic mass is 9.81. The Labute approximate surface area is 147 Å². The Hall–Kier alpha value is -1.93. The molecule has 25 heavy (non-hydrogen) atoms. The van der Waals surface area contributed by atoms with Crippen LogP contribution < -0.4 is 5.48 Å². The normalized spacial score (nSPS) is 22.1. The highest BCUT2D eigenvalue weighted by Gasteiger charge is 2.47. The summed E-state index contributed by atoms with van der Waals surface area (Å²) in [5.41, 5.74) is 2.72. The summed E-state index contributed by atoms with van der Waals surface area (Å²) >= 11 is 0. The summed E-state index contributed by atoms with van der Waals surface area (Å²) in [7, 11) is -3.29. The highest BCUT2D eigenvalue weighted by atomic mass is 32.2. The zero-order chi connectivity index (χ0) is 18.8. The molecule has 2 atom stereocenters. The lowest BCUT2D eigenvalue weighted by Gasteiger charge is -2.29. The molecule has 138 valence electrons. The molecule has 2 rings (SSSR count). The van der Waals surface area contributed by atoms with Gasteiger partial charge in [0.1, 0.15) is 15.9 Å². The van der Waals surface area contributed by atoms with Crippen molar-refractivity contribution in [1.29, 1.82) is 0 Å². The second-order valence-corrected chi connectivity index (χ2v) is 9.12. The van der Waals surface area contributed by atoms with Gasteiger partial charge in [0.05, 0.1) is 11.2 Å². The van der Waals surface area contributed by atoms with Crippen LogP contribution in [0.5, 0.6) is 0 Å². The monoisotopic (exact) mass is 368 g/mol. The number of benzene rings is 1. The van der Waals surface area contributed by atoms with Crippen LogP contribution in [0.2, 0.25) is 0 Å². The average Bonchev–Trinajstić information content (AvgIpc) is 2.84. The molecule has 0 spiro atoms. The van der Waals surface area contributed by atoms with Gasteiger partial charge in [0.2, 0.25) is 5.91 Å². The number of rotatable bonds is 6. The van der Waals surface area contributed by atoms with E-state index >= 15 is 0 Å². The molecule has 0 radical (unpaired) electrons. The number of sulfone groups is 1. The first-order valence-corrected chi connectivity index (χ1v) is 10.1. The van der Waals surface area contributed by atoms with Crippen LogP contribution in [0.25, 0.3) is 0 Å². The molecule has 1 aromatic carbocycles. The summed E-state index contributed by atoms with van der Waals surface area (Å²) in [5, 5.41) is 8.97. The van der Waals surface area contributed by atoms with Crippen LogP contribution in [0.3, 0.4) is 0 Å². The van der Waals surface area contributed by atoms with Crippen LogP contribution in [0.1, 0.15) is 30.9 Å². The standard InChI is InChI=1S/C17H24N2O5S/c1-12-4-6-13(7-5-12)17(2)9-10-19(16(17)21)14(15(20)18-22)8-11-25(3,23)24/h4-7,14,22H,8-11H2,1-3H3,(H,18,20). The van der Waals surface area contributed by atoms with E-state index in [0.29, 0.717) is 13.0 Å². The van der Waals surface area contributed by atoms with Crippen LogP contribution in [-0.4, -0.2) is 54.9 Å². The summed E-state index contributed by atoms with van der Waals surface area (Å²) < 4.78 is 22.9. The molecule has 1 heterocycles. The minimum absolute atomic E-state index is 0.0546. The van der Waals surface area contributed by atoms with Crippen LogP contribution in [0, 0.1) is 6.92 Å². The van der Waals surface area contributed by atoms with Gasteiger partial charge in [0.25, 0.3) is 5.91 Å². The summed E-state index contributed by atoms with van der Waals surface area (Å²) in [6, 6.07) is 6.64. The van der Waals surface area contributed by atoms with Gasteiger partial charge in [0, 0.05) is 12.8 Å². The molecular formula is C17H24N2O5S. The summed E-state index contributed by atoms with van der Waals surface area (Å²) in [6.45, 7) is 4.11. The first-order chi connectivity index (χ1) is 11.6. The van der Waals surface area contributed by atoms with Crippen molar-refractivity contribution in [3.05, 3.63) is 35.4 Å². The van der Waals surface area contributed by atoms with Gasteiger partial charge in [-0.05, 0) is 32.3 Å². The second kappa shape index (κ2) is 7.13. The van der Waals surface area contributed by atoms with E-state index in [1.807, 2.05) is 38.1 Å². The minimum atomic E-state index is -3.29. The molecule has 0 bridgehead atoms. The molecule has 7 nitrogen and oxygen atoms in total. The number of nitrogens with one attached hydrogen (secondary N) is 1. The van der Waals surface area contributed by atoms with Crippen molar-refractivity contribution in [2.24, 2.45) is 0 Å². The SMILES string of the molecule is Cc1ccc(C2(C)CCN(C(CCS(C)(=O)=O)C(=O)NO)C2=O)cc1. The number of carbonyl (C=O) groups is 2. The van der Waals surface area contributed by atoms with Crippen molar-refractivity contribution < 1.29 is 23.2 Å². The van der Waals surface area contributed by atoms with Gasteiger partial charge in [-0.2, -0.15) is 0 Å². The summed E-state index contributed by atoms with van der Waals surface area (Å²) in [6.07, 6.45) is 1.53. The Balaban J connectivity index is 2.27. The predicted molar refractivity (Wildman–Crippen MR) is 92.9 cm³/mol. The first-order valence-electron chi connectivity index (χ1n) is 8.08. The van der Waals surface area contributed by atoms with Crippen LogP contribution in [-0.2, 0) is 24.8 Å². The predicted octanol–water partition coefficient (Wildman–Crippen LogP) is 0.794. The molecule has 1 aliphatic heterocycles. The van der Waals surface area contributed by atoms with E-state index in [0.717, 1.165) is 17.4 Å². The van der Waals surface area contributed by atoms with Crippen molar-refractivity contribution in [3.63, 3.8) is 0 Å². The lowest BCUT2D eigenvalue weighted by molar-refractivity contribution is -0.143. The number of nitrogens with zero attached hydrogens (tertiary/aromatic N) is 1. The smallest absolute Gasteiger partial charge is 0.266 e. The van der Waals surface area contributed by atoms with E-state index in [2.05, 4.69) is 0 Å². The van der Waals surface area contributed by atoms with Gasteiger partial charge in [-0.1, -0.05) is 29.8 Å². The first kappa shape index (κ1) is 19.4. The number of amides is 2. The summed E-state index contributed by atoms with van der Waals surface area (Å²) in [4.78, 5) is 26.4. The Morgan fingerprint density at radius 3 is 2.48 bits per heavy atom. The van der Waals surface area contributed by atoms with Gasteiger partial charge in [-0.3, -0.25) is 14.8 Å². The number of aryl methyl sites for hydroxylation is 1. The fourth-order valence-corrected chi connectivity index (χ4v) is 3.84. The highest BCUT2D eigenvalue weighted by molar-refractivity contribution is 7.90. The third-order valence-corrected chi connectivity index (χ3v) is 5.80. The molecule has 2 N–H and O–H groups in total. The molecule has 0 saturated carbocycles. The lowest BCUT2D eigenvalue weighted by Crippen LogP contribution is -2.49. The molecular weight excluding hydrogens is 344 g/mol. The number of hydrogen-bond donors (Lipinski definition) is 2. The van der Waals surface area contributed by atoms with Gasteiger partial charge in [-0.15, -0.1) is 0 Å². The maximum atomic E-state index is 13.0. The molecule has 1 aliphatic rings. The largest absolute Gasteiger partial charge is 0.330 e. The maximum absolute atomic E-state index is 13.0. The van der Waals surface area contributed by atoms with Crippen LogP contribution in [0.4, 0.5) is 0 Å². The maximum Gasteiger partial charge on any atom is 0.266 e. The quantitative estimate of drug-likeness (QED) is 0.571. The number of hydroxylamine groups is 1. The number of likely N-dealkylation sites (tertiary alicyclic amines) is 1. The van der Waals surface area contributed by atoms with Gasteiger partial charge in [0.15, 0.2) is 0 Å². The molecule has 8 heteroatoms. The number of hydrogen-bond acceptors (Lipinski definition) is 5. The van der Waals surface area contributed by atoms with E-state index in [4.69, 9.17) is 5.21 Å². The van der Waals surface area contributed by atoms with Crippen molar-refractivity contribution in [1.82, 2.24) is 10.4 Å². The Morgan fingerprint density at radius 2 is 1.96 bits per heavy atom. The topological polar surface area (TPSA) is 104 Å². The Kier molecular flexibility index (Phi) is 5.53. The third-order valence-electron chi connectivity index (χ3n) is 4.83. The van der Waals surface area contributed by atoms with Crippen molar-refractivity contribution in [2.75, 3.05) is 18.6 Å². The number of carbonyl (C=O) groups excluding carboxylic acids is 2. The molecule has 1 fully saturated rings. The fourth-order valence-electron chi connectivity index (χ4n) is 3.18. The zero-order valence-corrected chi connectivity index (χ0v) is 15.5. The second-order valence-electron chi connectivity index (χ2n) is 6.86. The van der Waals surface area contributed by atoms with E-state index in [1.165, 1.54) is 4.90 Å². The average molecular weight is 368 g/mol.